The summed E-state index contributed by atoms with van der Waals surface area (Å²) >= 11 is 0. The first-order valence-corrected chi connectivity index (χ1v) is 7.29. The van der Waals surface area contributed by atoms with Crippen molar-refractivity contribution in [2.45, 2.75) is 58.2 Å². The molecule has 2 heterocycles. The summed E-state index contributed by atoms with van der Waals surface area (Å²) in [6.07, 6.45) is 5.84. The lowest BCUT2D eigenvalue weighted by Gasteiger charge is -2.25. The highest BCUT2D eigenvalue weighted by atomic mass is 35.5. The van der Waals surface area contributed by atoms with Gasteiger partial charge in [-0.3, -0.25) is 4.90 Å². The highest BCUT2D eigenvalue weighted by molar-refractivity contribution is 5.85. The van der Waals surface area contributed by atoms with E-state index in [1.165, 1.54) is 19.3 Å². The Kier molecular flexibility index (Phi) is 6.43. The van der Waals surface area contributed by atoms with Crippen LogP contribution >= 0.6 is 12.4 Å². The first-order chi connectivity index (χ1) is 8.97. The molecule has 1 aliphatic heterocycles. The van der Waals surface area contributed by atoms with Gasteiger partial charge in [-0.2, -0.15) is 0 Å². The standard InChI is InChI=1S/C14H27N5.ClH/c1-14(2,3)19-11-12(16-17-19)10-18(4)13-6-5-8-15-9-7-13;/h11,13,15H,5-10H2,1-4H3;1H. The Balaban J connectivity index is 0.00000200. The van der Waals surface area contributed by atoms with Crippen LogP contribution in [-0.2, 0) is 12.1 Å². The van der Waals surface area contributed by atoms with Crippen molar-refractivity contribution < 1.29 is 0 Å². The van der Waals surface area contributed by atoms with E-state index >= 15 is 0 Å². The number of nitrogens with zero attached hydrogens (tertiary/aromatic N) is 4. The molecule has 20 heavy (non-hydrogen) atoms. The molecule has 2 rings (SSSR count). The van der Waals surface area contributed by atoms with E-state index in [2.05, 4.69) is 54.5 Å². The van der Waals surface area contributed by atoms with E-state index in [0.717, 1.165) is 25.3 Å². The van der Waals surface area contributed by atoms with Crippen LogP contribution in [0.1, 0.15) is 45.7 Å². The van der Waals surface area contributed by atoms with Crippen LogP contribution in [-0.4, -0.2) is 46.1 Å². The zero-order valence-electron chi connectivity index (χ0n) is 13.1. The van der Waals surface area contributed by atoms with Gasteiger partial charge in [-0.15, -0.1) is 17.5 Å². The first-order valence-electron chi connectivity index (χ1n) is 7.29. The minimum atomic E-state index is 0. The summed E-state index contributed by atoms with van der Waals surface area (Å²) in [7, 11) is 2.20. The number of halogens is 1. The monoisotopic (exact) mass is 301 g/mol. The summed E-state index contributed by atoms with van der Waals surface area (Å²) in [5.41, 5.74) is 1.07. The Morgan fingerprint density at radius 3 is 2.75 bits per heavy atom. The molecule has 0 radical (unpaired) electrons. The van der Waals surface area contributed by atoms with E-state index in [1.54, 1.807) is 0 Å². The molecule has 5 nitrogen and oxygen atoms in total. The van der Waals surface area contributed by atoms with E-state index in [1.807, 2.05) is 4.68 Å². The maximum absolute atomic E-state index is 4.30. The van der Waals surface area contributed by atoms with Crippen LogP contribution in [0, 0.1) is 0 Å². The minimum absolute atomic E-state index is 0. The van der Waals surface area contributed by atoms with Crippen LogP contribution in [0.15, 0.2) is 6.20 Å². The maximum Gasteiger partial charge on any atom is 0.0967 e. The molecule has 1 aromatic heterocycles. The second-order valence-corrected chi connectivity index (χ2v) is 6.58. The van der Waals surface area contributed by atoms with Crippen molar-refractivity contribution in [1.29, 1.82) is 0 Å². The third kappa shape index (κ3) is 4.72. The zero-order chi connectivity index (χ0) is 13.9. The highest BCUT2D eigenvalue weighted by Gasteiger charge is 2.19. The van der Waals surface area contributed by atoms with Crippen LogP contribution in [0.2, 0.25) is 0 Å². The van der Waals surface area contributed by atoms with Crippen LogP contribution in [0.25, 0.3) is 0 Å². The third-order valence-corrected chi connectivity index (χ3v) is 3.81. The van der Waals surface area contributed by atoms with Gasteiger partial charge in [0.05, 0.1) is 17.4 Å². The van der Waals surface area contributed by atoms with Crippen LogP contribution in [0.3, 0.4) is 0 Å². The van der Waals surface area contributed by atoms with Gasteiger partial charge in [0.2, 0.25) is 0 Å². The molecular weight excluding hydrogens is 274 g/mol. The Morgan fingerprint density at radius 2 is 2.10 bits per heavy atom. The van der Waals surface area contributed by atoms with Crippen molar-refractivity contribution in [2.24, 2.45) is 0 Å². The fourth-order valence-corrected chi connectivity index (χ4v) is 2.52. The average Bonchev–Trinajstić information content (AvgIpc) is 2.63. The van der Waals surface area contributed by atoms with Gasteiger partial charge in [-0.25, -0.2) is 4.68 Å². The molecule has 116 valence electrons. The fraction of sp³-hybridized carbons (Fsp3) is 0.857. The largest absolute Gasteiger partial charge is 0.317 e. The lowest BCUT2D eigenvalue weighted by Crippen LogP contribution is -2.32. The van der Waals surface area contributed by atoms with Gasteiger partial charge in [-0.1, -0.05) is 5.21 Å². The summed E-state index contributed by atoms with van der Waals surface area (Å²) in [5.74, 6) is 0. The lowest BCUT2D eigenvalue weighted by atomic mass is 10.1. The molecule has 0 amide bonds. The molecule has 0 aromatic carbocycles. The van der Waals surface area contributed by atoms with Crippen LogP contribution in [0.5, 0.6) is 0 Å². The van der Waals surface area contributed by atoms with Crippen molar-refractivity contribution in [2.75, 3.05) is 20.1 Å². The number of aromatic nitrogens is 3. The van der Waals surface area contributed by atoms with E-state index in [-0.39, 0.29) is 17.9 Å². The van der Waals surface area contributed by atoms with Gasteiger partial charge in [0, 0.05) is 12.6 Å². The average molecular weight is 302 g/mol. The molecule has 1 saturated heterocycles. The summed E-state index contributed by atoms with van der Waals surface area (Å²) in [6, 6.07) is 0.662. The highest BCUT2D eigenvalue weighted by Crippen LogP contribution is 2.16. The van der Waals surface area contributed by atoms with E-state index in [4.69, 9.17) is 0 Å². The van der Waals surface area contributed by atoms with Gasteiger partial charge < -0.3 is 5.32 Å². The smallest absolute Gasteiger partial charge is 0.0967 e. The molecule has 1 fully saturated rings. The SMILES string of the molecule is CN(Cc1cn(C(C)(C)C)nn1)C1CCCNCC1.Cl. The van der Waals surface area contributed by atoms with Gasteiger partial charge in [0.1, 0.15) is 0 Å². The molecule has 0 spiro atoms. The fourth-order valence-electron chi connectivity index (χ4n) is 2.52. The van der Waals surface area contributed by atoms with Gasteiger partial charge in [0.15, 0.2) is 0 Å². The van der Waals surface area contributed by atoms with Gasteiger partial charge in [-0.05, 0) is 60.2 Å². The third-order valence-electron chi connectivity index (χ3n) is 3.81. The molecule has 0 bridgehead atoms. The van der Waals surface area contributed by atoms with Gasteiger partial charge in [0.25, 0.3) is 0 Å². The Hall–Kier alpha value is -0.650. The predicted molar refractivity (Wildman–Crippen MR) is 84.2 cm³/mol. The Labute approximate surface area is 128 Å². The predicted octanol–water partition coefficient (Wildman–Crippen LogP) is 2.03. The Bertz CT molecular complexity index is 391. The molecule has 1 N–H and O–H groups in total. The summed E-state index contributed by atoms with van der Waals surface area (Å²) in [4.78, 5) is 2.42. The lowest BCUT2D eigenvalue weighted by molar-refractivity contribution is 0.214. The quantitative estimate of drug-likeness (QED) is 0.928. The molecular formula is C14H28ClN5. The summed E-state index contributed by atoms with van der Waals surface area (Å²) in [6.45, 7) is 9.61. The Morgan fingerprint density at radius 1 is 1.35 bits per heavy atom. The number of nitrogens with one attached hydrogen (secondary N) is 1. The minimum Gasteiger partial charge on any atom is -0.317 e. The van der Waals surface area contributed by atoms with Crippen molar-refractivity contribution in [3.05, 3.63) is 11.9 Å². The molecule has 1 aliphatic rings. The normalized spacial score (nSPS) is 20.6. The van der Waals surface area contributed by atoms with Crippen molar-refractivity contribution in [1.82, 2.24) is 25.2 Å². The molecule has 0 aliphatic carbocycles. The van der Waals surface area contributed by atoms with Crippen molar-refractivity contribution in [3.63, 3.8) is 0 Å². The van der Waals surface area contributed by atoms with E-state index < -0.39 is 0 Å². The van der Waals surface area contributed by atoms with Crippen LogP contribution in [0.4, 0.5) is 0 Å². The number of hydrogen-bond donors (Lipinski definition) is 1. The first kappa shape index (κ1) is 17.4. The maximum atomic E-state index is 4.30. The second kappa shape index (κ2) is 7.38. The van der Waals surface area contributed by atoms with E-state index in [0.29, 0.717) is 6.04 Å². The molecule has 6 heteroatoms. The number of rotatable bonds is 3. The zero-order valence-corrected chi connectivity index (χ0v) is 13.9. The molecule has 1 aromatic rings. The van der Waals surface area contributed by atoms with E-state index in [9.17, 15) is 0 Å². The van der Waals surface area contributed by atoms with Gasteiger partial charge >= 0.3 is 0 Å². The molecule has 1 atom stereocenters. The second-order valence-electron chi connectivity index (χ2n) is 6.58. The van der Waals surface area contributed by atoms with Crippen molar-refractivity contribution >= 4 is 12.4 Å². The number of hydrogen-bond acceptors (Lipinski definition) is 4. The molecule has 0 saturated carbocycles. The topological polar surface area (TPSA) is 46.0 Å². The summed E-state index contributed by atoms with van der Waals surface area (Å²) in [5, 5.41) is 12.0. The van der Waals surface area contributed by atoms with Crippen LogP contribution < -0.4 is 5.32 Å². The van der Waals surface area contributed by atoms with Crippen molar-refractivity contribution in [3.8, 4) is 0 Å². The summed E-state index contributed by atoms with van der Waals surface area (Å²) < 4.78 is 1.95. The molecule has 1 unspecified atom stereocenters.